The first-order valence-electron chi connectivity index (χ1n) is 9.15. The molecule has 31 heavy (non-hydrogen) atoms. The third-order valence-electron chi connectivity index (χ3n) is 4.73. The zero-order chi connectivity index (χ0) is 23.1. The Kier molecular flexibility index (Phi) is 6.85. The van der Waals surface area contributed by atoms with Crippen LogP contribution in [0.4, 0.5) is 14.6 Å². The van der Waals surface area contributed by atoms with Crippen molar-refractivity contribution in [1.82, 2.24) is 9.55 Å². The number of halogens is 3. The molecule has 0 bridgehead atoms. The maximum Gasteiger partial charge on any atom is 0.354 e. The van der Waals surface area contributed by atoms with Crippen molar-refractivity contribution in [2.75, 3.05) is 10.5 Å². The van der Waals surface area contributed by atoms with Gasteiger partial charge in [0, 0.05) is 21.0 Å². The van der Waals surface area contributed by atoms with Gasteiger partial charge in [-0.25, -0.2) is 22.0 Å². The maximum atomic E-state index is 14.2. The molecule has 2 aliphatic rings. The lowest BCUT2D eigenvalue weighted by atomic mass is 10.1. The summed E-state index contributed by atoms with van der Waals surface area (Å²) in [6, 6.07) is 5.95. The fourth-order valence-corrected chi connectivity index (χ4v) is 6.46. The van der Waals surface area contributed by atoms with Gasteiger partial charge < -0.3 is 0 Å². The number of hydrogen-bond acceptors (Lipinski definition) is 6. The van der Waals surface area contributed by atoms with Crippen molar-refractivity contribution >= 4 is 54.9 Å². The summed E-state index contributed by atoms with van der Waals surface area (Å²) in [7, 11) is -4.04. The second-order valence-electron chi connectivity index (χ2n) is 7.22. The standard InChI is InChI=1S/C19H20BrF2N3O3S3/c1-10(2)19(21,22)9-29-17-15-16(23-18(26)25(15)11(3)12(4)30-17)24-31(27,28)14-7-5-13(20)6-8-14/h5-8,10H,9H2,1-4H3,(H,23,24,26). The first kappa shape index (κ1) is 24.1. The first-order valence-corrected chi connectivity index (χ1v) is 13.2. The molecule has 0 atom stereocenters. The second kappa shape index (κ2) is 8.80. The van der Waals surface area contributed by atoms with Gasteiger partial charge in [-0.3, -0.25) is 9.29 Å². The minimum Gasteiger partial charge on any atom is -0.261 e. The SMILES string of the molecule is Cc1sc(SCC(F)(F)C(C)C)c2c(NS(=O)(=O)c3ccc(Br)cc3)nc(=O)n-2c1C. The lowest BCUT2D eigenvalue weighted by Gasteiger charge is -2.21. The number of fused-ring (bicyclic) bond motifs is 1. The lowest BCUT2D eigenvalue weighted by Crippen LogP contribution is -2.26. The number of imidazole rings is 1. The molecule has 0 aromatic heterocycles. The number of alkyl halides is 2. The Morgan fingerprint density at radius 2 is 1.87 bits per heavy atom. The molecule has 2 heterocycles. The van der Waals surface area contributed by atoms with E-state index in [0.29, 0.717) is 14.4 Å². The fourth-order valence-electron chi connectivity index (χ4n) is 2.62. The van der Waals surface area contributed by atoms with Crippen LogP contribution in [0.5, 0.6) is 0 Å². The van der Waals surface area contributed by atoms with Gasteiger partial charge >= 0.3 is 5.69 Å². The van der Waals surface area contributed by atoms with E-state index in [9.17, 15) is 22.0 Å². The van der Waals surface area contributed by atoms with Crippen LogP contribution < -0.4 is 10.4 Å². The van der Waals surface area contributed by atoms with Crippen LogP contribution in [0, 0.1) is 19.8 Å². The Hall–Kier alpha value is -1.50. The van der Waals surface area contributed by atoms with Gasteiger partial charge in [0.1, 0.15) is 5.69 Å². The Labute approximate surface area is 195 Å². The minimum atomic E-state index is -4.04. The van der Waals surface area contributed by atoms with Crippen LogP contribution in [-0.4, -0.2) is 29.6 Å². The molecule has 0 aliphatic carbocycles. The number of aryl methyl sites for hydroxylation is 1. The zero-order valence-electron chi connectivity index (χ0n) is 17.1. The lowest BCUT2D eigenvalue weighted by molar-refractivity contribution is -0.0199. The van der Waals surface area contributed by atoms with E-state index in [2.05, 4.69) is 25.6 Å². The predicted molar refractivity (Wildman–Crippen MR) is 124 cm³/mol. The number of hydrogen-bond donors (Lipinski definition) is 1. The quantitative estimate of drug-likeness (QED) is 0.403. The highest BCUT2D eigenvalue weighted by molar-refractivity contribution is 9.10. The topological polar surface area (TPSA) is 81.1 Å². The van der Waals surface area contributed by atoms with Crippen LogP contribution in [0.25, 0.3) is 5.69 Å². The molecule has 1 aromatic rings. The number of aromatic nitrogens is 2. The van der Waals surface area contributed by atoms with Gasteiger partial charge in [-0.2, -0.15) is 4.98 Å². The van der Waals surface area contributed by atoms with Gasteiger partial charge in [-0.1, -0.05) is 29.8 Å². The molecular weight excluding hydrogens is 532 g/mol. The third kappa shape index (κ3) is 4.96. The molecule has 6 nitrogen and oxygen atoms in total. The second-order valence-corrected chi connectivity index (χ2v) is 12.3. The van der Waals surface area contributed by atoms with E-state index in [1.165, 1.54) is 41.9 Å². The van der Waals surface area contributed by atoms with Gasteiger partial charge in [0.25, 0.3) is 15.9 Å². The maximum absolute atomic E-state index is 14.2. The first-order chi connectivity index (χ1) is 14.3. The molecule has 3 rings (SSSR count). The van der Waals surface area contributed by atoms with Crippen molar-refractivity contribution in [3.8, 4) is 5.69 Å². The summed E-state index contributed by atoms with van der Waals surface area (Å²) in [5, 5.41) is 0. The number of anilines is 1. The Balaban J connectivity index is 2.08. The van der Waals surface area contributed by atoms with Crippen LogP contribution in [-0.2, 0) is 10.0 Å². The highest BCUT2D eigenvalue weighted by atomic mass is 79.9. The molecule has 0 saturated carbocycles. The van der Waals surface area contributed by atoms with Gasteiger partial charge in [0.15, 0.2) is 5.82 Å². The predicted octanol–water partition coefficient (Wildman–Crippen LogP) is 5.30. The average molecular weight is 552 g/mol. The summed E-state index contributed by atoms with van der Waals surface area (Å²) in [5.74, 6) is -4.46. The molecule has 0 spiro atoms. The van der Waals surface area contributed by atoms with Crippen molar-refractivity contribution in [2.24, 2.45) is 5.92 Å². The summed E-state index contributed by atoms with van der Waals surface area (Å²) >= 11 is 5.36. The molecule has 0 unspecified atom stereocenters. The Morgan fingerprint density at radius 3 is 2.45 bits per heavy atom. The molecule has 12 heteroatoms. The molecule has 2 aliphatic heterocycles. The van der Waals surface area contributed by atoms with Gasteiger partial charge in [-0.15, -0.1) is 23.1 Å². The van der Waals surface area contributed by atoms with Crippen molar-refractivity contribution in [3.63, 3.8) is 0 Å². The summed E-state index contributed by atoms with van der Waals surface area (Å²) in [5.41, 5.74) is 0.0873. The number of rotatable bonds is 7. The van der Waals surface area contributed by atoms with Gasteiger partial charge in [0.05, 0.1) is 14.9 Å². The molecule has 168 valence electrons. The van der Waals surface area contributed by atoms with Crippen molar-refractivity contribution < 1.29 is 17.2 Å². The normalized spacial score (nSPS) is 12.6. The van der Waals surface area contributed by atoms with Crippen molar-refractivity contribution in [2.45, 2.75) is 42.7 Å². The smallest absolute Gasteiger partial charge is 0.261 e. The van der Waals surface area contributed by atoms with E-state index in [4.69, 9.17) is 0 Å². The average Bonchev–Trinajstić information content (AvgIpc) is 2.99. The van der Waals surface area contributed by atoms with Crippen LogP contribution in [0.1, 0.15) is 24.4 Å². The van der Waals surface area contributed by atoms with E-state index in [-0.39, 0.29) is 16.4 Å². The van der Waals surface area contributed by atoms with Crippen LogP contribution in [0.2, 0.25) is 0 Å². The zero-order valence-corrected chi connectivity index (χ0v) is 21.1. The van der Waals surface area contributed by atoms with Crippen molar-refractivity contribution in [3.05, 3.63) is 49.8 Å². The van der Waals surface area contributed by atoms with Gasteiger partial charge in [0.2, 0.25) is 0 Å². The molecule has 0 amide bonds. The van der Waals surface area contributed by atoms with Crippen LogP contribution >= 0.6 is 39.0 Å². The number of sulfonamides is 1. The molecule has 0 saturated heterocycles. The van der Waals surface area contributed by atoms with E-state index in [0.717, 1.165) is 16.6 Å². The van der Waals surface area contributed by atoms with Crippen LogP contribution in [0.3, 0.4) is 0 Å². The highest BCUT2D eigenvalue weighted by Gasteiger charge is 2.35. The molecule has 1 aromatic carbocycles. The molecule has 0 fully saturated rings. The van der Waals surface area contributed by atoms with E-state index in [1.807, 2.05) is 0 Å². The largest absolute Gasteiger partial charge is 0.354 e. The van der Waals surface area contributed by atoms with E-state index in [1.54, 1.807) is 26.0 Å². The summed E-state index contributed by atoms with van der Waals surface area (Å²) in [4.78, 5) is 17.2. The number of nitrogens with zero attached hydrogens (tertiary/aromatic N) is 2. The van der Waals surface area contributed by atoms with E-state index < -0.39 is 33.3 Å². The summed E-state index contributed by atoms with van der Waals surface area (Å²) < 4.78 is 58.8. The monoisotopic (exact) mass is 551 g/mol. The molecule has 1 N–H and O–H groups in total. The number of thioether (sulfide) groups is 1. The van der Waals surface area contributed by atoms with Gasteiger partial charge in [-0.05, 0) is 38.1 Å². The van der Waals surface area contributed by atoms with Crippen molar-refractivity contribution in [1.29, 1.82) is 0 Å². The Morgan fingerprint density at radius 1 is 1.26 bits per heavy atom. The highest BCUT2D eigenvalue weighted by Crippen LogP contribution is 2.41. The molecular formula is C19H20BrF2N3O3S3. The third-order valence-corrected chi connectivity index (χ3v) is 9.18. The number of nitrogens with one attached hydrogen (secondary N) is 1. The summed E-state index contributed by atoms with van der Waals surface area (Å²) in [6.45, 7) is 6.35. The minimum absolute atomic E-state index is 0.0163. The fraction of sp³-hybridized carbons (Fsp3) is 0.368. The van der Waals surface area contributed by atoms with Crippen LogP contribution in [0.15, 0.2) is 42.6 Å². The molecule has 0 radical (unpaired) electrons. The van der Waals surface area contributed by atoms with E-state index >= 15 is 0 Å². The number of benzene rings is 1. The summed E-state index contributed by atoms with van der Waals surface area (Å²) in [6.07, 6.45) is 0. The Bertz CT molecular complexity index is 1240.